The second kappa shape index (κ2) is 18.6. The standard InChI is InChI=1S/C38H60O18.2Na.2H/c1-16-11-37-9-5-20-35(2,7-4-8-36(20,3)34(50)55-32-29(49)26(46)23(43)18(13-40)52-32)21(37)6-10-38(16,15-37)56-33-30(27(47)24(44)19(14-41)53-33)54-31-28(48)25(45)22(42)17(12-39)51-31;;;;/h17-33,39-49H,1,4-15H2,2-3H3;;;;/t17-,18-,19-,20+,21+,22-,23-,24-,25+,26+,27+,28-,29-,30-,31+,32+,33+,35-,36-,37-,38+;;;;/m1..../s1. The predicted molar refractivity (Wildman–Crippen MR) is 201 cm³/mol. The summed E-state index contributed by atoms with van der Waals surface area (Å²) in [5, 5.41) is 114. The molecule has 11 N–H and O–H groups in total. The summed E-state index contributed by atoms with van der Waals surface area (Å²) in [6.45, 7) is 6.52. The van der Waals surface area contributed by atoms with Gasteiger partial charge in [0.15, 0.2) is 12.6 Å². The van der Waals surface area contributed by atoms with Gasteiger partial charge in [-0.3, -0.25) is 4.79 Å². The van der Waals surface area contributed by atoms with E-state index < -0.39 is 129 Å². The molecule has 20 heteroatoms. The molecule has 0 aromatic heterocycles. The van der Waals surface area contributed by atoms with Crippen LogP contribution in [0.4, 0.5) is 0 Å². The van der Waals surface area contributed by atoms with E-state index >= 15 is 0 Å². The van der Waals surface area contributed by atoms with Crippen molar-refractivity contribution in [1.82, 2.24) is 0 Å². The second-order valence-corrected chi connectivity index (χ2v) is 18.0. The van der Waals surface area contributed by atoms with Gasteiger partial charge in [0.2, 0.25) is 6.29 Å². The summed E-state index contributed by atoms with van der Waals surface area (Å²) < 4.78 is 35.6. The molecule has 324 valence electrons. The molecule has 0 aromatic rings. The molecule has 4 aliphatic carbocycles. The van der Waals surface area contributed by atoms with Crippen LogP contribution in [-0.4, -0.2) is 239 Å². The molecule has 3 aliphatic heterocycles. The van der Waals surface area contributed by atoms with Crippen LogP contribution < -0.4 is 0 Å². The summed E-state index contributed by atoms with van der Waals surface area (Å²) in [4.78, 5) is 14.1. The van der Waals surface area contributed by atoms with Crippen molar-refractivity contribution in [3.8, 4) is 0 Å². The Bertz CT molecular complexity index is 1460. The molecule has 1 spiro atoms. The third-order valence-electron chi connectivity index (χ3n) is 15.0. The number of carbonyl (C=O) groups is 1. The van der Waals surface area contributed by atoms with Crippen LogP contribution in [0.25, 0.3) is 0 Å². The van der Waals surface area contributed by atoms with Gasteiger partial charge in [-0.25, -0.2) is 0 Å². The van der Waals surface area contributed by atoms with E-state index in [1.165, 1.54) is 0 Å². The average Bonchev–Trinajstić information content (AvgIpc) is 3.37. The van der Waals surface area contributed by atoms with Crippen LogP contribution >= 0.6 is 0 Å². The van der Waals surface area contributed by atoms with Gasteiger partial charge in [0.05, 0.1) is 30.8 Å². The molecule has 0 amide bonds. The Kier molecular flexibility index (Phi) is 15.9. The first-order valence-corrected chi connectivity index (χ1v) is 19.9. The van der Waals surface area contributed by atoms with Crippen LogP contribution in [0.3, 0.4) is 0 Å². The normalized spacial score (nSPS) is 52.7. The van der Waals surface area contributed by atoms with Gasteiger partial charge in [0.1, 0.15) is 73.2 Å². The van der Waals surface area contributed by atoms with Crippen molar-refractivity contribution in [2.24, 2.45) is 28.1 Å². The van der Waals surface area contributed by atoms with E-state index in [0.29, 0.717) is 44.9 Å². The van der Waals surface area contributed by atoms with Crippen molar-refractivity contribution in [3.63, 3.8) is 0 Å². The predicted octanol–water partition coefficient (Wildman–Crippen LogP) is -4.24. The summed E-state index contributed by atoms with van der Waals surface area (Å²) in [6.07, 6.45) is -17.8. The van der Waals surface area contributed by atoms with Gasteiger partial charge < -0.3 is 84.6 Å². The maximum absolute atomic E-state index is 14.1. The monoisotopic (exact) mass is 852 g/mol. The zero-order chi connectivity index (χ0) is 40.7. The number of hydrogen-bond donors (Lipinski definition) is 11. The minimum atomic E-state index is -1.81. The Hall–Kier alpha value is 0.570. The second-order valence-electron chi connectivity index (χ2n) is 18.0. The molecule has 0 radical (unpaired) electrons. The fraction of sp³-hybridized carbons (Fsp3) is 0.921. The third kappa shape index (κ3) is 8.13. The molecule has 3 heterocycles. The van der Waals surface area contributed by atoms with Crippen molar-refractivity contribution >= 4 is 65.1 Å². The van der Waals surface area contributed by atoms with Crippen LogP contribution in [0.15, 0.2) is 12.2 Å². The molecule has 7 rings (SSSR count). The molecule has 21 atom stereocenters. The number of aliphatic hydroxyl groups is 11. The Morgan fingerprint density at radius 1 is 0.672 bits per heavy atom. The first-order valence-electron chi connectivity index (χ1n) is 19.9. The fourth-order valence-corrected chi connectivity index (χ4v) is 12.0. The van der Waals surface area contributed by atoms with E-state index in [4.69, 9.17) is 28.4 Å². The van der Waals surface area contributed by atoms with Crippen molar-refractivity contribution in [1.29, 1.82) is 0 Å². The van der Waals surface area contributed by atoms with Gasteiger partial charge in [-0.1, -0.05) is 19.9 Å². The van der Waals surface area contributed by atoms with Crippen LogP contribution in [-0.2, 0) is 33.2 Å². The van der Waals surface area contributed by atoms with Gasteiger partial charge in [-0.15, -0.1) is 0 Å². The van der Waals surface area contributed by atoms with Crippen LogP contribution in [0.1, 0.15) is 71.6 Å². The molecule has 18 nitrogen and oxygen atoms in total. The topological polar surface area (TPSA) is 295 Å². The van der Waals surface area contributed by atoms with Gasteiger partial charge in [-0.2, -0.15) is 0 Å². The average molecular weight is 853 g/mol. The van der Waals surface area contributed by atoms with E-state index in [1.54, 1.807) is 0 Å². The summed E-state index contributed by atoms with van der Waals surface area (Å²) >= 11 is 0. The van der Waals surface area contributed by atoms with Gasteiger partial charge >= 0.3 is 65.1 Å². The Morgan fingerprint density at radius 3 is 1.78 bits per heavy atom. The Balaban J connectivity index is 0.00000320. The first kappa shape index (κ1) is 49.6. The number of rotatable bonds is 9. The van der Waals surface area contributed by atoms with E-state index in [1.807, 2.05) is 6.92 Å². The van der Waals surface area contributed by atoms with Crippen LogP contribution in [0.5, 0.6) is 0 Å². The molecule has 0 aromatic carbocycles. The number of hydrogen-bond acceptors (Lipinski definition) is 18. The summed E-state index contributed by atoms with van der Waals surface area (Å²) in [5.74, 6) is -0.591. The van der Waals surface area contributed by atoms with Crippen molar-refractivity contribution in [2.45, 2.75) is 169 Å². The molecule has 7 fully saturated rings. The molecule has 0 unspecified atom stereocenters. The number of aliphatic hydroxyl groups excluding tert-OH is 11. The molecule has 7 aliphatic rings. The number of fused-ring (bicyclic) bond motifs is 3. The van der Waals surface area contributed by atoms with Crippen molar-refractivity contribution in [2.75, 3.05) is 19.8 Å². The fourth-order valence-electron chi connectivity index (χ4n) is 12.0. The number of ether oxygens (including phenoxy) is 6. The molecule has 58 heavy (non-hydrogen) atoms. The summed E-state index contributed by atoms with van der Waals surface area (Å²) in [5.41, 5.74) is -1.80. The first-order chi connectivity index (χ1) is 26.4. The van der Waals surface area contributed by atoms with Gasteiger partial charge in [0, 0.05) is 0 Å². The summed E-state index contributed by atoms with van der Waals surface area (Å²) in [6, 6.07) is 0. The number of carbonyl (C=O) groups excluding carboxylic acids is 1. The Morgan fingerprint density at radius 2 is 1.19 bits per heavy atom. The maximum atomic E-state index is 14.1. The van der Waals surface area contributed by atoms with Crippen molar-refractivity contribution < 1.29 is 89.4 Å². The molecular weight excluding hydrogens is 790 g/mol. The quantitative estimate of drug-likeness (QED) is 0.0453. The van der Waals surface area contributed by atoms with Crippen molar-refractivity contribution in [3.05, 3.63) is 12.2 Å². The van der Waals surface area contributed by atoms with E-state index in [9.17, 15) is 61.0 Å². The Labute approximate surface area is 381 Å². The SMILES string of the molecule is C=C1C[C@@]23CC[C@H]4[C@@](C)(CCC[C@@]4(C)C(=O)O[C@@H]4O[C@H](CO)[C@@H](O)[C@H](O)[C@H]4O)[C@@H]2CC[C@]1(O[C@@H]1O[C@H](CO)[C@@H](O)[C@H](O)[C@H]1O[C@@H]1O[C@H](CO)[C@@H](O)[C@H](O)[C@H]1O)C3.[NaH].[NaH]. The summed E-state index contributed by atoms with van der Waals surface area (Å²) in [7, 11) is 0. The zero-order valence-corrected chi connectivity index (χ0v) is 31.8. The third-order valence-corrected chi connectivity index (χ3v) is 15.0. The molecule has 2 bridgehead atoms. The van der Waals surface area contributed by atoms with E-state index in [-0.39, 0.29) is 81.8 Å². The van der Waals surface area contributed by atoms with E-state index in [2.05, 4.69) is 13.5 Å². The van der Waals surface area contributed by atoms with E-state index in [0.717, 1.165) is 18.4 Å². The van der Waals surface area contributed by atoms with Gasteiger partial charge in [-0.05, 0) is 86.5 Å². The molecule has 3 saturated heterocycles. The van der Waals surface area contributed by atoms with Crippen LogP contribution in [0.2, 0.25) is 0 Å². The molecular formula is C38H62Na2O18. The molecule has 4 saturated carbocycles. The zero-order valence-electron chi connectivity index (χ0n) is 31.8. The van der Waals surface area contributed by atoms with Crippen LogP contribution in [0, 0.1) is 28.1 Å². The minimum absolute atomic E-state index is 0. The van der Waals surface area contributed by atoms with Gasteiger partial charge in [0.25, 0.3) is 0 Å². The number of esters is 1.